The molecule has 0 bridgehead atoms. The van der Waals surface area contributed by atoms with Crippen LogP contribution in [0.2, 0.25) is 5.02 Å². The maximum atomic E-state index is 12.0. The number of hydrogen-bond acceptors (Lipinski definition) is 4. The Kier molecular flexibility index (Phi) is 4.47. The molecule has 1 saturated heterocycles. The van der Waals surface area contributed by atoms with Gasteiger partial charge in [0.1, 0.15) is 0 Å². The molecule has 2 rings (SSSR count). The predicted molar refractivity (Wildman–Crippen MR) is 71.6 cm³/mol. The first-order chi connectivity index (χ1) is 8.91. The van der Waals surface area contributed by atoms with Gasteiger partial charge in [-0.25, -0.2) is 13.1 Å². The first kappa shape index (κ1) is 14.7. The van der Waals surface area contributed by atoms with Crippen LogP contribution in [0.25, 0.3) is 0 Å². The highest BCUT2D eigenvalue weighted by Crippen LogP contribution is 2.20. The summed E-state index contributed by atoms with van der Waals surface area (Å²) in [6, 6.07) is 5.88. The maximum absolute atomic E-state index is 12.0. The molecule has 0 amide bonds. The molecule has 1 aromatic rings. The van der Waals surface area contributed by atoms with Crippen molar-refractivity contribution < 1.29 is 18.3 Å². The van der Waals surface area contributed by atoms with Crippen molar-refractivity contribution in [1.29, 1.82) is 0 Å². The molecule has 106 valence electrons. The van der Waals surface area contributed by atoms with Gasteiger partial charge in [-0.15, -0.1) is 0 Å². The van der Waals surface area contributed by atoms with Crippen LogP contribution in [0, 0.1) is 0 Å². The molecule has 2 N–H and O–H groups in total. The van der Waals surface area contributed by atoms with Gasteiger partial charge in [0.25, 0.3) is 0 Å². The first-order valence-electron chi connectivity index (χ1n) is 5.97. The number of nitrogens with one attached hydrogen (secondary N) is 1. The topological polar surface area (TPSA) is 75.6 Å². The smallest absolute Gasteiger partial charge is 0.240 e. The van der Waals surface area contributed by atoms with Crippen molar-refractivity contribution >= 4 is 21.6 Å². The van der Waals surface area contributed by atoms with Gasteiger partial charge in [-0.05, 0) is 24.3 Å². The molecule has 5 nitrogen and oxygen atoms in total. The van der Waals surface area contributed by atoms with Gasteiger partial charge in [0.2, 0.25) is 10.0 Å². The fraction of sp³-hybridized carbons (Fsp3) is 0.500. The van der Waals surface area contributed by atoms with Crippen LogP contribution in [0.1, 0.15) is 12.8 Å². The summed E-state index contributed by atoms with van der Waals surface area (Å²) >= 11 is 5.71. The van der Waals surface area contributed by atoms with Crippen LogP contribution < -0.4 is 4.72 Å². The third kappa shape index (κ3) is 3.90. The average Bonchev–Trinajstić information content (AvgIpc) is 2.38. The maximum Gasteiger partial charge on any atom is 0.240 e. The second-order valence-electron chi connectivity index (χ2n) is 4.62. The Labute approximate surface area is 117 Å². The van der Waals surface area contributed by atoms with Crippen molar-refractivity contribution in [2.24, 2.45) is 0 Å². The van der Waals surface area contributed by atoms with Gasteiger partial charge in [-0.1, -0.05) is 11.6 Å². The molecule has 0 saturated carbocycles. The van der Waals surface area contributed by atoms with E-state index in [9.17, 15) is 13.5 Å². The quantitative estimate of drug-likeness (QED) is 0.875. The molecule has 1 aliphatic rings. The fourth-order valence-electron chi connectivity index (χ4n) is 1.85. The van der Waals surface area contributed by atoms with Crippen molar-refractivity contribution in [2.75, 3.05) is 19.8 Å². The van der Waals surface area contributed by atoms with Crippen molar-refractivity contribution in [3.8, 4) is 0 Å². The van der Waals surface area contributed by atoms with Crippen LogP contribution in [-0.2, 0) is 14.8 Å². The van der Waals surface area contributed by atoms with E-state index in [4.69, 9.17) is 16.3 Å². The van der Waals surface area contributed by atoms with E-state index in [0.29, 0.717) is 31.1 Å². The number of halogens is 1. The molecule has 1 heterocycles. The third-order valence-corrected chi connectivity index (χ3v) is 4.81. The molecule has 0 spiro atoms. The number of rotatable bonds is 4. The Bertz CT molecular complexity index is 523. The van der Waals surface area contributed by atoms with Crippen molar-refractivity contribution in [3.63, 3.8) is 0 Å². The van der Waals surface area contributed by atoms with Crippen molar-refractivity contribution in [3.05, 3.63) is 29.3 Å². The molecule has 0 unspecified atom stereocenters. The first-order valence-corrected chi connectivity index (χ1v) is 7.83. The lowest BCUT2D eigenvalue weighted by molar-refractivity contribution is -0.0588. The normalized spacial score (nSPS) is 19.3. The Hall–Kier alpha value is -0.660. The lowest BCUT2D eigenvalue weighted by Gasteiger charge is -2.31. The Morgan fingerprint density at radius 1 is 1.26 bits per heavy atom. The van der Waals surface area contributed by atoms with Crippen molar-refractivity contribution in [1.82, 2.24) is 4.72 Å². The number of hydrogen-bond donors (Lipinski definition) is 2. The summed E-state index contributed by atoms with van der Waals surface area (Å²) in [6.45, 7) is 0.875. The lowest BCUT2D eigenvalue weighted by Crippen LogP contribution is -2.46. The molecule has 0 aliphatic carbocycles. The van der Waals surface area contributed by atoms with E-state index in [1.54, 1.807) is 0 Å². The Morgan fingerprint density at radius 3 is 2.42 bits per heavy atom. The van der Waals surface area contributed by atoms with E-state index in [0.717, 1.165) is 0 Å². The van der Waals surface area contributed by atoms with Crippen LogP contribution in [0.4, 0.5) is 0 Å². The van der Waals surface area contributed by atoms with E-state index >= 15 is 0 Å². The van der Waals surface area contributed by atoms with E-state index in [1.807, 2.05) is 0 Å². The second-order valence-corrected chi connectivity index (χ2v) is 6.82. The van der Waals surface area contributed by atoms with E-state index in [1.165, 1.54) is 24.3 Å². The van der Waals surface area contributed by atoms with Crippen LogP contribution in [-0.4, -0.2) is 38.9 Å². The molecule has 0 radical (unpaired) electrons. The molecule has 1 fully saturated rings. The summed E-state index contributed by atoms with van der Waals surface area (Å²) in [7, 11) is -3.62. The number of aliphatic hydroxyl groups is 1. The van der Waals surface area contributed by atoms with Crippen LogP contribution in [0.3, 0.4) is 0 Å². The average molecular weight is 306 g/mol. The highest BCUT2D eigenvalue weighted by atomic mass is 35.5. The SMILES string of the molecule is O=S(=O)(NCC1(O)CCOCC1)c1ccc(Cl)cc1. The van der Waals surface area contributed by atoms with Crippen molar-refractivity contribution in [2.45, 2.75) is 23.3 Å². The zero-order chi connectivity index (χ0) is 13.9. The highest BCUT2D eigenvalue weighted by molar-refractivity contribution is 7.89. The number of ether oxygens (including phenoxy) is 1. The van der Waals surface area contributed by atoms with E-state index < -0.39 is 15.6 Å². The summed E-state index contributed by atoms with van der Waals surface area (Å²) in [5.74, 6) is 0. The van der Waals surface area contributed by atoms with Crippen LogP contribution in [0.5, 0.6) is 0 Å². The summed E-state index contributed by atoms with van der Waals surface area (Å²) < 4.78 is 31.6. The molecule has 7 heteroatoms. The fourth-order valence-corrected chi connectivity index (χ4v) is 3.10. The minimum Gasteiger partial charge on any atom is -0.388 e. The largest absolute Gasteiger partial charge is 0.388 e. The number of benzene rings is 1. The molecule has 1 aromatic carbocycles. The van der Waals surface area contributed by atoms with E-state index in [-0.39, 0.29) is 11.4 Å². The predicted octanol–water partition coefficient (Wildman–Crippen LogP) is 1.16. The Balaban J connectivity index is 2.03. The molecule has 19 heavy (non-hydrogen) atoms. The third-order valence-electron chi connectivity index (χ3n) is 3.14. The second kappa shape index (κ2) is 5.76. The van der Waals surface area contributed by atoms with E-state index in [2.05, 4.69) is 4.72 Å². The van der Waals surface area contributed by atoms with Gasteiger partial charge >= 0.3 is 0 Å². The molecule has 1 aliphatic heterocycles. The Morgan fingerprint density at radius 2 is 1.84 bits per heavy atom. The monoisotopic (exact) mass is 305 g/mol. The van der Waals surface area contributed by atoms with Gasteiger partial charge in [-0.3, -0.25) is 0 Å². The van der Waals surface area contributed by atoms with Gasteiger partial charge in [0, 0.05) is 37.6 Å². The minimum atomic E-state index is -3.62. The molecular weight excluding hydrogens is 290 g/mol. The standard InChI is InChI=1S/C12H16ClNO4S/c13-10-1-3-11(4-2-10)19(16,17)14-9-12(15)5-7-18-8-6-12/h1-4,14-15H,5-9H2. The zero-order valence-corrected chi connectivity index (χ0v) is 11.9. The molecule has 0 atom stereocenters. The molecule has 0 aromatic heterocycles. The molecular formula is C12H16ClNO4S. The minimum absolute atomic E-state index is 0.0126. The van der Waals surface area contributed by atoms with Crippen LogP contribution in [0.15, 0.2) is 29.2 Å². The zero-order valence-electron chi connectivity index (χ0n) is 10.3. The van der Waals surface area contributed by atoms with Gasteiger partial charge in [0.15, 0.2) is 0 Å². The summed E-state index contributed by atoms with van der Waals surface area (Å²) in [5, 5.41) is 10.7. The summed E-state index contributed by atoms with van der Waals surface area (Å²) in [4.78, 5) is 0.132. The summed E-state index contributed by atoms with van der Waals surface area (Å²) in [5.41, 5.74) is -1.03. The van der Waals surface area contributed by atoms with Gasteiger partial charge in [0.05, 0.1) is 10.5 Å². The number of sulfonamides is 1. The van der Waals surface area contributed by atoms with Gasteiger partial charge in [-0.2, -0.15) is 0 Å². The van der Waals surface area contributed by atoms with Gasteiger partial charge < -0.3 is 9.84 Å². The highest BCUT2D eigenvalue weighted by Gasteiger charge is 2.31. The lowest BCUT2D eigenvalue weighted by atomic mass is 9.95. The summed E-state index contributed by atoms with van der Waals surface area (Å²) in [6.07, 6.45) is 0.853. The van der Waals surface area contributed by atoms with Crippen LogP contribution >= 0.6 is 11.6 Å².